The number of nitrogens with one attached hydrogen (secondary N) is 1. The molecule has 88 valence electrons. The first-order chi connectivity index (χ1) is 7.46. The minimum Gasteiger partial charge on any atom is -0.302 e. The van der Waals surface area contributed by atoms with Crippen LogP contribution in [0.25, 0.3) is 4.96 Å². The predicted molar refractivity (Wildman–Crippen MR) is 51.2 cm³/mol. The van der Waals surface area contributed by atoms with E-state index in [0.29, 0.717) is 15.8 Å². The van der Waals surface area contributed by atoms with E-state index in [1.54, 1.807) is 6.92 Å². The Morgan fingerprint density at radius 2 is 2.12 bits per heavy atom. The summed E-state index contributed by atoms with van der Waals surface area (Å²) in [6.45, 7) is 0.783. The molecule has 5 nitrogen and oxygen atoms in total. The van der Waals surface area contributed by atoms with Crippen LogP contribution >= 0.6 is 11.3 Å². The summed E-state index contributed by atoms with van der Waals surface area (Å²) in [5.41, 5.74) is 0. The fraction of sp³-hybridized carbons (Fsp3) is 0.571. The molecule has 9 heteroatoms. The van der Waals surface area contributed by atoms with Crippen LogP contribution < -0.4 is 5.32 Å². The molecule has 1 N–H and O–H groups in total. The van der Waals surface area contributed by atoms with Gasteiger partial charge in [-0.2, -0.15) is 22.8 Å². The van der Waals surface area contributed by atoms with Crippen LogP contribution in [-0.4, -0.2) is 32.5 Å². The van der Waals surface area contributed by atoms with Crippen molar-refractivity contribution in [2.24, 2.45) is 0 Å². The zero-order valence-electron chi connectivity index (χ0n) is 8.25. The lowest BCUT2D eigenvalue weighted by atomic mass is 10.6. The molecule has 0 fully saturated rings. The van der Waals surface area contributed by atoms with Gasteiger partial charge in [-0.05, 0) is 6.92 Å². The average molecular weight is 251 g/mol. The number of hydrogen-bond acceptors (Lipinski definition) is 5. The van der Waals surface area contributed by atoms with Gasteiger partial charge in [0.2, 0.25) is 4.96 Å². The normalized spacial score (nSPS) is 12.5. The van der Waals surface area contributed by atoms with Gasteiger partial charge in [-0.1, -0.05) is 11.3 Å². The molecule has 0 aliphatic heterocycles. The Bertz CT molecular complexity index is 488. The number of rotatable bonds is 3. The van der Waals surface area contributed by atoms with Gasteiger partial charge in [-0.25, -0.2) is 0 Å². The van der Waals surface area contributed by atoms with Crippen LogP contribution in [-0.2, 0) is 6.54 Å². The van der Waals surface area contributed by atoms with E-state index in [9.17, 15) is 13.2 Å². The van der Waals surface area contributed by atoms with Crippen LogP contribution in [0.3, 0.4) is 0 Å². The fourth-order valence-corrected chi connectivity index (χ4v) is 1.99. The summed E-state index contributed by atoms with van der Waals surface area (Å²) in [7, 11) is 0. The van der Waals surface area contributed by atoms with Gasteiger partial charge in [-0.15, -0.1) is 10.2 Å². The average Bonchev–Trinajstić information content (AvgIpc) is 2.67. The number of fused-ring (bicyclic) bond motifs is 1. The molecule has 2 aromatic heterocycles. The fourth-order valence-electron chi connectivity index (χ4n) is 1.14. The molecule has 0 aromatic carbocycles. The second-order valence-electron chi connectivity index (χ2n) is 3.16. The zero-order chi connectivity index (χ0) is 11.8. The third-order valence-corrected chi connectivity index (χ3v) is 2.69. The van der Waals surface area contributed by atoms with Gasteiger partial charge < -0.3 is 5.32 Å². The van der Waals surface area contributed by atoms with E-state index in [0.717, 1.165) is 0 Å². The van der Waals surface area contributed by atoms with Crippen molar-refractivity contribution in [3.05, 3.63) is 10.8 Å². The van der Waals surface area contributed by atoms with Crippen LogP contribution in [0, 0.1) is 6.92 Å². The Balaban J connectivity index is 2.00. The SMILES string of the molecule is Cc1nnc2sc(CNCC(F)(F)F)nn12. The van der Waals surface area contributed by atoms with E-state index in [-0.39, 0.29) is 6.54 Å². The summed E-state index contributed by atoms with van der Waals surface area (Å²) in [4.78, 5) is 0.585. The van der Waals surface area contributed by atoms with Crippen LogP contribution in [0.15, 0.2) is 0 Å². The number of alkyl halides is 3. The summed E-state index contributed by atoms with van der Waals surface area (Å²) in [6.07, 6.45) is -4.20. The largest absolute Gasteiger partial charge is 0.401 e. The summed E-state index contributed by atoms with van der Waals surface area (Å²) in [5, 5.41) is 14.5. The van der Waals surface area contributed by atoms with Crippen LogP contribution in [0.4, 0.5) is 13.2 Å². The molecule has 2 heterocycles. The topological polar surface area (TPSA) is 55.1 Å². The number of hydrogen-bond donors (Lipinski definition) is 1. The quantitative estimate of drug-likeness (QED) is 0.889. The second-order valence-corrected chi connectivity index (χ2v) is 4.20. The summed E-state index contributed by atoms with van der Waals surface area (Å²) in [5.74, 6) is 0.619. The van der Waals surface area contributed by atoms with Crippen molar-refractivity contribution in [3.8, 4) is 0 Å². The number of aryl methyl sites for hydroxylation is 1. The van der Waals surface area contributed by atoms with Gasteiger partial charge >= 0.3 is 6.18 Å². The lowest BCUT2D eigenvalue weighted by molar-refractivity contribution is -0.125. The first-order valence-corrected chi connectivity index (χ1v) is 5.22. The van der Waals surface area contributed by atoms with Crippen molar-refractivity contribution >= 4 is 16.3 Å². The number of halogens is 3. The summed E-state index contributed by atoms with van der Waals surface area (Å²) < 4.78 is 37.1. The highest BCUT2D eigenvalue weighted by Gasteiger charge is 2.26. The molecule has 16 heavy (non-hydrogen) atoms. The Hall–Kier alpha value is -1.22. The number of aromatic nitrogens is 4. The maximum Gasteiger partial charge on any atom is 0.401 e. The van der Waals surface area contributed by atoms with Crippen LogP contribution in [0.2, 0.25) is 0 Å². The molecule has 0 aliphatic rings. The van der Waals surface area contributed by atoms with Crippen LogP contribution in [0.1, 0.15) is 10.8 Å². The van der Waals surface area contributed by atoms with Crippen molar-refractivity contribution in [2.75, 3.05) is 6.54 Å². The molecule has 2 aromatic rings. The van der Waals surface area contributed by atoms with E-state index in [1.165, 1.54) is 15.9 Å². The first-order valence-electron chi connectivity index (χ1n) is 4.41. The number of nitrogens with zero attached hydrogens (tertiary/aromatic N) is 4. The van der Waals surface area contributed by atoms with Gasteiger partial charge in [0.05, 0.1) is 13.1 Å². The highest BCUT2D eigenvalue weighted by Crippen LogP contribution is 2.15. The lowest BCUT2D eigenvalue weighted by Crippen LogP contribution is -2.28. The van der Waals surface area contributed by atoms with Gasteiger partial charge in [0.15, 0.2) is 5.82 Å². The molecule has 2 rings (SSSR count). The van der Waals surface area contributed by atoms with Crippen molar-refractivity contribution in [2.45, 2.75) is 19.6 Å². The predicted octanol–water partition coefficient (Wildman–Crippen LogP) is 1.15. The van der Waals surface area contributed by atoms with Crippen molar-refractivity contribution in [1.82, 2.24) is 25.1 Å². The van der Waals surface area contributed by atoms with Gasteiger partial charge in [0.25, 0.3) is 0 Å². The monoisotopic (exact) mass is 251 g/mol. The summed E-state index contributed by atoms with van der Waals surface area (Å²) >= 11 is 1.22. The summed E-state index contributed by atoms with van der Waals surface area (Å²) in [6, 6.07) is 0. The first kappa shape index (κ1) is 11.3. The highest BCUT2D eigenvalue weighted by atomic mass is 32.1. The van der Waals surface area contributed by atoms with E-state index < -0.39 is 12.7 Å². The van der Waals surface area contributed by atoms with Crippen LogP contribution in [0.5, 0.6) is 0 Å². The molecule has 0 saturated carbocycles. The lowest BCUT2D eigenvalue weighted by Gasteiger charge is -2.05. The third-order valence-electron chi connectivity index (χ3n) is 1.79. The Morgan fingerprint density at radius 1 is 1.38 bits per heavy atom. The van der Waals surface area contributed by atoms with E-state index >= 15 is 0 Å². The maximum absolute atomic E-state index is 11.9. The molecule has 0 amide bonds. The Morgan fingerprint density at radius 3 is 2.75 bits per heavy atom. The zero-order valence-corrected chi connectivity index (χ0v) is 9.06. The molecule has 0 radical (unpaired) electrons. The van der Waals surface area contributed by atoms with Crippen molar-refractivity contribution in [3.63, 3.8) is 0 Å². The molecule has 0 aliphatic carbocycles. The minimum absolute atomic E-state index is 0.0764. The standard InChI is InChI=1S/C7H8F3N5S/c1-4-12-13-6-15(4)14-5(16-6)2-11-3-7(8,9)10/h11H,2-3H2,1H3. The van der Waals surface area contributed by atoms with E-state index in [1.807, 2.05) is 0 Å². The highest BCUT2D eigenvalue weighted by molar-refractivity contribution is 7.16. The van der Waals surface area contributed by atoms with Gasteiger partial charge in [0, 0.05) is 0 Å². The molecule has 0 spiro atoms. The van der Waals surface area contributed by atoms with Crippen molar-refractivity contribution < 1.29 is 13.2 Å². The molecule has 0 atom stereocenters. The molecule has 0 bridgehead atoms. The van der Waals surface area contributed by atoms with E-state index in [2.05, 4.69) is 20.6 Å². The maximum atomic E-state index is 11.9. The molecule has 0 saturated heterocycles. The van der Waals surface area contributed by atoms with Gasteiger partial charge in [0.1, 0.15) is 5.01 Å². The third kappa shape index (κ3) is 2.47. The van der Waals surface area contributed by atoms with Crippen molar-refractivity contribution in [1.29, 1.82) is 0 Å². The minimum atomic E-state index is -4.20. The molecule has 0 unspecified atom stereocenters. The smallest absolute Gasteiger partial charge is 0.302 e. The second kappa shape index (κ2) is 3.98. The Labute approximate surface area is 92.3 Å². The van der Waals surface area contributed by atoms with E-state index in [4.69, 9.17) is 0 Å². The Kier molecular flexibility index (Phi) is 2.80. The molecular formula is C7H8F3N5S. The van der Waals surface area contributed by atoms with Gasteiger partial charge in [-0.3, -0.25) is 0 Å². The molecular weight excluding hydrogens is 243 g/mol.